The third-order valence-electron chi connectivity index (χ3n) is 7.00. The highest BCUT2D eigenvalue weighted by Crippen LogP contribution is 2.29. The van der Waals surface area contributed by atoms with Crippen LogP contribution in [-0.2, 0) is 19.6 Å². The van der Waals surface area contributed by atoms with Crippen LogP contribution in [0.3, 0.4) is 0 Å². The number of fused-ring (bicyclic) bond motifs is 2. The van der Waals surface area contributed by atoms with Crippen molar-refractivity contribution in [3.05, 3.63) is 115 Å². The summed E-state index contributed by atoms with van der Waals surface area (Å²) < 4.78 is 0. The standard InChI is InChI=1S/C31H35N5/c1-3-18-35(19-4-2)21-24-11-13-25(14-12-24)22-36(23-31-33-29-9-5-6-10-30(29)34-31)27-15-16-28-26(20-27)8-7-17-32-28/h3-14,17,20,27-28H,1-2,15-16,18-19,21-23H2,(H,33,34). The van der Waals surface area contributed by atoms with E-state index in [1.54, 1.807) is 0 Å². The van der Waals surface area contributed by atoms with Crippen LogP contribution in [-0.4, -0.2) is 51.2 Å². The van der Waals surface area contributed by atoms with Gasteiger partial charge in [0.25, 0.3) is 0 Å². The molecule has 1 aliphatic heterocycles. The molecule has 36 heavy (non-hydrogen) atoms. The van der Waals surface area contributed by atoms with Gasteiger partial charge in [-0.2, -0.15) is 0 Å². The van der Waals surface area contributed by atoms with Crippen LogP contribution >= 0.6 is 0 Å². The average molecular weight is 478 g/mol. The van der Waals surface area contributed by atoms with Gasteiger partial charge in [-0.1, -0.05) is 60.7 Å². The molecule has 0 saturated heterocycles. The molecule has 3 aromatic rings. The van der Waals surface area contributed by atoms with E-state index >= 15 is 0 Å². The van der Waals surface area contributed by atoms with Gasteiger partial charge in [0.1, 0.15) is 5.82 Å². The van der Waals surface area contributed by atoms with Gasteiger partial charge in [-0.05, 0) is 47.8 Å². The molecule has 1 aliphatic carbocycles. The predicted molar refractivity (Wildman–Crippen MR) is 150 cm³/mol. The number of aromatic nitrogens is 2. The number of nitrogens with zero attached hydrogens (tertiary/aromatic N) is 4. The minimum absolute atomic E-state index is 0.313. The molecule has 2 aromatic carbocycles. The molecule has 5 nitrogen and oxygen atoms in total. The van der Waals surface area contributed by atoms with Gasteiger partial charge in [-0.15, -0.1) is 13.2 Å². The van der Waals surface area contributed by atoms with Crippen molar-refractivity contribution in [3.63, 3.8) is 0 Å². The van der Waals surface area contributed by atoms with Gasteiger partial charge in [-0.25, -0.2) is 4.98 Å². The lowest BCUT2D eigenvalue weighted by Gasteiger charge is -2.34. The van der Waals surface area contributed by atoms with Gasteiger partial charge in [0.05, 0.1) is 23.6 Å². The summed E-state index contributed by atoms with van der Waals surface area (Å²) in [6, 6.07) is 18.0. The zero-order valence-corrected chi connectivity index (χ0v) is 20.9. The largest absolute Gasteiger partial charge is 0.341 e. The van der Waals surface area contributed by atoms with Crippen molar-refractivity contribution in [2.75, 3.05) is 13.1 Å². The molecule has 184 valence electrons. The molecule has 2 aliphatic rings. The van der Waals surface area contributed by atoms with Crippen molar-refractivity contribution in [1.82, 2.24) is 19.8 Å². The summed E-state index contributed by atoms with van der Waals surface area (Å²) in [7, 11) is 0. The summed E-state index contributed by atoms with van der Waals surface area (Å²) in [6.45, 7) is 12.0. The van der Waals surface area contributed by atoms with Crippen LogP contribution in [0.2, 0.25) is 0 Å². The number of benzene rings is 2. The Hall–Kier alpha value is -3.54. The van der Waals surface area contributed by atoms with Gasteiger partial charge in [0, 0.05) is 38.4 Å². The van der Waals surface area contributed by atoms with Crippen LogP contribution in [0.25, 0.3) is 11.0 Å². The van der Waals surface area contributed by atoms with Crippen LogP contribution < -0.4 is 0 Å². The molecule has 2 unspecified atom stereocenters. The van der Waals surface area contributed by atoms with Crippen LogP contribution in [0.1, 0.15) is 29.8 Å². The topological polar surface area (TPSA) is 47.5 Å². The maximum Gasteiger partial charge on any atom is 0.121 e. The second kappa shape index (κ2) is 11.5. The third kappa shape index (κ3) is 5.81. The zero-order chi connectivity index (χ0) is 24.7. The summed E-state index contributed by atoms with van der Waals surface area (Å²) in [4.78, 5) is 17.9. The van der Waals surface area contributed by atoms with E-state index < -0.39 is 0 Å². The van der Waals surface area contributed by atoms with Crippen molar-refractivity contribution in [1.29, 1.82) is 0 Å². The highest BCUT2D eigenvalue weighted by molar-refractivity contribution is 5.75. The summed E-state index contributed by atoms with van der Waals surface area (Å²) in [6.07, 6.45) is 14.7. The number of allylic oxidation sites excluding steroid dienone is 1. The Balaban J connectivity index is 1.35. The van der Waals surface area contributed by atoms with Gasteiger partial charge in [0.2, 0.25) is 0 Å². The first-order chi connectivity index (χ1) is 17.7. The van der Waals surface area contributed by atoms with E-state index in [0.717, 1.165) is 62.4 Å². The molecule has 0 bridgehead atoms. The van der Waals surface area contributed by atoms with Gasteiger partial charge >= 0.3 is 0 Å². The predicted octanol–water partition coefficient (Wildman–Crippen LogP) is 5.84. The van der Waals surface area contributed by atoms with Crippen molar-refractivity contribution in [3.8, 4) is 0 Å². The molecule has 1 N–H and O–H groups in total. The summed E-state index contributed by atoms with van der Waals surface area (Å²) >= 11 is 0. The number of dihydropyridines is 1. The van der Waals surface area contributed by atoms with E-state index in [2.05, 4.69) is 93.6 Å². The number of aliphatic imine (C=N–C) groups is 1. The number of nitrogens with one attached hydrogen (secondary N) is 1. The smallest absolute Gasteiger partial charge is 0.121 e. The molecular formula is C31H35N5. The Kier molecular flexibility index (Phi) is 7.70. The van der Waals surface area contributed by atoms with Crippen LogP contribution in [0, 0.1) is 0 Å². The van der Waals surface area contributed by atoms with E-state index in [9.17, 15) is 0 Å². The first-order valence-corrected chi connectivity index (χ1v) is 12.8. The number of aromatic amines is 1. The molecule has 0 radical (unpaired) electrons. The lowest BCUT2D eigenvalue weighted by molar-refractivity contribution is 0.188. The monoisotopic (exact) mass is 477 g/mol. The summed E-state index contributed by atoms with van der Waals surface area (Å²) in [5.41, 5.74) is 6.06. The van der Waals surface area contributed by atoms with E-state index in [0.29, 0.717) is 12.1 Å². The average Bonchev–Trinajstić information content (AvgIpc) is 3.32. The number of hydrogen-bond acceptors (Lipinski definition) is 4. The number of rotatable bonds is 11. The molecule has 2 heterocycles. The van der Waals surface area contributed by atoms with Crippen molar-refractivity contribution in [2.24, 2.45) is 4.99 Å². The molecule has 5 heteroatoms. The van der Waals surface area contributed by atoms with Crippen molar-refractivity contribution in [2.45, 2.75) is 44.6 Å². The fourth-order valence-electron chi connectivity index (χ4n) is 5.21. The van der Waals surface area contributed by atoms with Crippen molar-refractivity contribution < 1.29 is 0 Å². The minimum atomic E-state index is 0.313. The molecule has 0 saturated carbocycles. The van der Waals surface area contributed by atoms with E-state index in [1.165, 1.54) is 16.7 Å². The molecule has 0 spiro atoms. The second-order valence-electron chi connectivity index (χ2n) is 9.68. The quantitative estimate of drug-likeness (QED) is 0.353. The normalized spacial score (nSPS) is 19.0. The van der Waals surface area contributed by atoms with Crippen LogP contribution in [0.5, 0.6) is 0 Å². The molecule has 2 atom stereocenters. The van der Waals surface area contributed by atoms with Gasteiger partial charge in [0.15, 0.2) is 0 Å². The van der Waals surface area contributed by atoms with E-state index in [-0.39, 0.29) is 0 Å². The van der Waals surface area contributed by atoms with E-state index in [4.69, 9.17) is 4.98 Å². The first-order valence-electron chi connectivity index (χ1n) is 12.8. The molecule has 0 fully saturated rings. The van der Waals surface area contributed by atoms with E-state index in [1.807, 2.05) is 24.4 Å². The Labute approximate surface area is 214 Å². The Morgan fingerprint density at radius 3 is 2.42 bits per heavy atom. The maximum absolute atomic E-state index is 4.88. The summed E-state index contributed by atoms with van der Waals surface area (Å²) in [5, 5.41) is 0. The second-order valence-corrected chi connectivity index (χ2v) is 9.68. The Morgan fingerprint density at radius 2 is 1.67 bits per heavy atom. The Bertz CT molecular complexity index is 1240. The number of hydrogen-bond donors (Lipinski definition) is 1. The zero-order valence-electron chi connectivity index (χ0n) is 20.9. The van der Waals surface area contributed by atoms with Gasteiger partial charge < -0.3 is 4.98 Å². The molecule has 0 amide bonds. The summed E-state index contributed by atoms with van der Waals surface area (Å²) in [5.74, 6) is 1.01. The minimum Gasteiger partial charge on any atom is -0.341 e. The number of H-pyrrole nitrogens is 1. The van der Waals surface area contributed by atoms with Crippen LogP contribution in [0.4, 0.5) is 0 Å². The number of para-hydroxylation sites is 2. The molecule has 5 rings (SSSR count). The molecule has 1 aromatic heterocycles. The highest BCUT2D eigenvalue weighted by atomic mass is 15.2. The SMILES string of the molecule is C=CCN(CC=C)Cc1ccc(CN(Cc2nc3ccccc3[nH]2)C2C=C3C=CC=NC3CC2)cc1. The third-order valence-corrected chi connectivity index (χ3v) is 7.00. The molecular weight excluding hydrogens is 442 g/mol. The van der Waals surface area contributed by atoms with Gasteiger partial charge in [-0.3, -0.25) is 14.8 Å². The first kappa shape index (κ1) is 24.2. The lowest BCUT2D eigenvalue weighted by atomic mass is 9.89. The fourth-order valence-corrected chi connectivity index (χ4v) is 5.21. The van der Waals surface area contributed by atoms with Crippen LogP contribution in [0.15, 0.2) is 103 Å². The highest BCUT2D eigenvalue weighted by Gasteiger charge is 2.27. The fraction of sp³-hybridized carbons (Fsp3) is 0.290. The van der Waals surface area contributed by atoms with Crippen molar-refractivity contribution >= 4 is 17.2 Å². The Morgan fingerprint density at radius 1 is 0.917 bits per heavy atom. The number of imidazole rings is 1. The lowest BCUT2D eigenvalue weighted by Crippen LogP contribution is -2.37. The maximum atomic E-state index is 4.88.